The van der Waals surface area contributed by atoms with Gasteiger partial charge in [0.2, 0.25) is 0 Å². The highest BCUT2D eigenvalue weighted by atomic mass is 19.1. The van der Waals surface area contributed by atoms with Gasteiger partial charge in [0.25, 0.3) is 0 Å². The Morgan fingerprint density at radius 3 is 2.80 bits per heavy atom. The summed E-state index contributed by atoms with van der Waals surface area (Å²) in [5, 5.41) is 8.52. The predicted octanol–water partition coefficient (Wildman–Crippen LogP) is 3.47. The molecule has 2 N–H and O–H groups in total. The number of hydrogen-bond donors (Lipinski definition) is 2. The zero-order valence-corrected chi connectivity index (χ0v) is 11.0. The number of urea groups is 1. The fraction of sp³-hybridized carbons (Fsp3) is 0.231. The van der Waals surface area contributed by atoms with Crippen LogP contribution in [0.1, 0.15) is 18.4 Å². The lowest BCUT2D eigenvalue weighted by Gasteiger charge is -2.08. The molecule has 20 heavy (non-hydrogen) atoms. The first kappa shape index (κ1) is 14.0. The Morgan fingerprint density at radius 2 is 2.10 bits per heavy atom. The molecule has 1 heterocycles. The molecule has 0 saturated carbocycles. The number of nitrogens with one attached hydrogen (secondary N) is 2. The van der Waals surface area contributed by atoms with Crippen molar-refractivity contribution in [1.29, 1.82) is 0 Å². The Labute approximate surface area is 114 Å². The van der Waals surface area contributed by atoms with Gasteiger partial charge < -0.3 is 15.2 Å². The number of aryl methyl sites for hydroxylation is 2. The smallest absolute Gasteiger partial charge is 0.323 e. The summed E-state index contributed by atoms with van der Waals surface area (Å²) < 4.78 is 31.3. The molecule has 1 aromatic carbocycles. The van der Waals surface area contributed by atoms with Crippen LogP contribution in [0, 0.1) is 18.6 Å². The standard InChI is InChI=1S/C13H13F2N3O2/c1-3-10-12(7(2)20-18-10)17-13(19)16-11-6-8(14)4-5-9(11)15/h4-6H,3H2,1-2H3,(H2,16,17,19). The molecule has 0 bridgehead atoms. The van der Waals surface area contributed by atoms with E-state index in [2.05, 4.69) is 15.8 Å². The summed E-state index contributed by atoms with van der Waals surface area (Å²) in [5.74, 6) is -0.923. The number of amides is 2. The molecule has 5 nitrogen and oxygen atoms in total. The van der Waals surface area contributed by atoms with E-state index in [0.29, 0.717) is 23.6 Å². The van der Waals surface area contributed by atoms with E-state index in [1.807, 2.05) is 6.92 Å². The molecule has 2 amide bonds. The van der Waals surface area contributed by atoms with Gasteiger partial charge >= 0.3 is 6.03 Å². The van der Waals surface area contributed by atoms with Crippen molar-refractivity contribution < 1.29 is 18.1 Å². The van der Waals surface area contributed by atoms with Crippen LogP contribution in [0.2, 0.25) is 0 Å². The average molecular weight is 281 g/mol. The quantitative estimate of drug-likeness (QED) is 0.905. The van der Waals surface area contributed by atoms with Crippen LogP contribution in [-0.4, -0.2) is 11.2 Å². The maximum Gasteiger partial charge on any atom is 0.323 e. The topological polar surface area (TPSA) is 67.2 Å². The lowest BCUT2D eigenvalue weighted by atomic mass is 10.2. The number of benzene rings is 1. The maximum absolute atomic E-state index is 13.4. The van der Waals surface area contributed by atoms with Crippen molar-refractivity contribution in [3.8, 4) is 0 Å². The van der Waals surface area contributed by atoms with Crippen molar-refractivity contribution in [3.63, 3.8) is 0 Å². The maximum atomic E-state index is 13.4. The second-order valence-electron chi connectivity index (χ2n) is 4.12. The molecule has 0 aliphatic rings. The molecule has 0 fully saturated rings. The highest BCUT2D eigenvalue weighted by Gasteiger charge is 2.15. The molecule has 0 saturated heterocycles. The monoisotopic (exact) mass is 281 g/mol. The first-order valence-electron chi connectivity index (χ1n) is 5.99. The van der Waals surface area contributed by atoms with E-state index in [1.54, 1.807) is 6.92 Å². The Hall–Kier alpha value is -2.44. The van der Waals surface area contributed by atoms with Gasteiger partial charge in [-0.3, -0.25) is 0 Å². The van der Waals surface area contributed by atoms with Crippen molar-refractivity contribution in [1.82, 2.24) is 5.16 Å². The first-order chi connectivity index (χ1) is 9.51. The average Bonchev–Trinajstić information content (AvgIpc) is 2.75. The molecular weight excluding hydrogens is 268 g/mol. The van der Waals surface area contributed by atoms with E-state index in [4.69, 9.17) is 4.52 Å². The van der Waals surface area contributed by atoms with Crippen LogP contribution in [0.3, 0.4) is 0 Å². The van der Waals surface area contributed by atoms with Gasteiger partial charge in [0.15, 0.2) is 5.76 Å². The third-order valence-corrected chi connectivity index (χ3v) is 2.68. The molecule has 106 valence electrons. The summed E-state index contributed by atoms with van der Waals surface area (Å²) in [5.41, 5.74) is 0.772. The van der Waals surface area contributed by atoms with Crippen LogP contribution >= 0.6 is 0 Å². The summed E-state index contributed by atoms with van der Waals surface area (Å²) in [6.45, 7) is 3.50. The van der Waals surface area contributed by atoms with Crippen LogP contribution in [0.25, 0.3) is 0 Å². The van der Waals surface area contributed by atoms with Gasteiger partial charge in [-0.15, -0.1) is 0 Å². The molecule has 0 aliphatic heterocycles. The van der Waals surface area contributed by atoms with E-state index >= 15 is 0 Å². The molecule has 2 rings (SSSR count). The molecule has 0 spiro atoms. The number of hydrogen-bond acceptors (Lipinski definition) is 3. The minimum atomic E-state index is -0.723. The minimum Gasteiger partial charge on any atom is -0.359 e. The van der Waals surface area contributed by atoms with Crippen LogP contribution in [0.5, 0.6) is 0 Å². The molecule has 0 unspecified atom stereocenters. The minimum absolute atomic E-state index is 0.241. The zero-order valence-electron chi connectivity index (χ0n) is 11.0. The third kappa shape index (κ3) is 2.93. The fourth-order valence-corrected chi connectivity index (χ4v) is 1.68. The van der Waals surface area contributed by atoms with E-state index in [9.17, 15) is 13.6 Å². The molecule has 0 aliphatic carbocycles. The summed E-state index contributed by atoms with van der Waals surface area (Å²) in [6, 6.07) is 2.11. The van der Waals surface area contributed by atoms with Crippen LogP contribution in [-0.2, 0) is 6.42 Å². The number of halogens is 2. The number of carbonyl (C=O) groups is 1. The fourth-order valence-electron chi connectivity index (χ4n) is 1.68. The van der Waals surface area contributed by atoms with Gasteiger partial charge in [0, 0.05) is 6.07 Å². The van der Waals surface area contributed by atoms with E-state index < -0.39 is 17.7 Å². The number of carbonyl (C=O) groups excluding carboxylic acids is 1. The number of aromatic nitrogens is 1. The number of nitrogens with zero attached hydrogens (tertiary/aromatic N) is 1. The summed E-state index contributed by atoms with van der Waals surface area (Å²) in [4.78, 5) is 11.8. The van der Waals surface area contributed by atoms with E-state index in [1.165, 1.54) is 0 Å². The molecule has 2 aromatic rings. The normalized spacial score (nSPS) is 10.4. The van der Waals surface area contributed by atoms with Crippen molar-refractivity contribution in [2.45, 2.75) is 20.3 Å². The second-order valence-corrected chi connectivity index (χ2v) is 4.12. The van der Waals surface area contributed by atoms with Crippen LogP contribution in [0.4, 0.5) is 25.0 Å². The molecule has 1 aromatic heterocycles. The van der Waals surface area contributed by atoms with Gasteiger partial charge in [-0.2, -0.15) is 0 Å². The molecule has 0 radical (unpaired) electrons. The van der Waals surface area contributed by atoms with Crippen molar-refractivity contribution in [2.75, 3.05) is 10.6 Å². The van der Waals surface area contributed by atoms with Gasteiger partial charge in [-0.25, -0.2) is 13.6 Å². The first-order valence-corrected chi connectivity index (χ1v) is 5.99. The lowest BCUT2D eigenvalue weighted by Crippen LogP contribution is -2.21. The third-order valence-electron chi connectivity index (χ3n) is 2.68. The molecule has 7 heteroatoms. The largest absolute Gasteiger partial charge is 0.359 e. The second kappa shape index (κ2) is 5.68. The Kier molecular flexibility index (Phi) is 3.97. The van der Waals surface area contributed by atoms with Crippen LogP contribution in [0.15, 0.2) is 22.7 Å². The molecular formula is C13H13F2N3O2. The van der Waals surface area contributed by atoms with Gasteiger partial charge in [-0.1, -0.05) is 12.1 Å². The van der Waals surface area contributed by atoms with Gasteiger partial charge in [0.05, 0.1) is 5.69 Å². The molecule has 0 atom stereocenters. The summed E-state index contributed by atoms with van der Waals surface area (Å²) in [6.07, 6.45) is 0.571. The highest BCUT2D eigenvalue weighted by Crippen LogP contribution is 2.21. The van der Waals surface area contributed by atoms with Gasteiger partial charge in [-0.05, 0) is 25.5 Å². The van der Waals surface area contributed by atoms with Crippen molar-refractivity contribution in [3.05, 3.63) is 41.3 Å². The van der Waals surface area contributed by atoms with Crippen molar-refractivity contribution in [2.24, 2.45) is 0 Å². The number of anilines is 2. The summed E-state index contributed by atoms with van der Waals surface area (Å²) >= 11 is 0. The Balaban J connectivity index is 2.13. The van der Waals surface area contributed by atoms with E-state index in [-0.39, 0.29) is 5.69 Å². The van der Waals surface area contributed by atoms with Crippen molar-refractivity contribution >= 4 is 17.4 Å². The number of rotatable bonds is 3. The SMILES string of the molecule is CCc1noc(C)c1NC(=O)Nc1cc(F)ccc1F. The van der Waals surface area contributed by atoms with E-state index in [0.717, 1.165) is 18.2 Å². The summed E-state index contributed by atoms with van der Waals surface area (Å²) in [7, 11) is 0. The van der Waals surface area contributed by atoms with Gasteiger partial charge in [0.1, 0.15) is 23.0 Å². The Bertz CT molecular complexity index is 641. The highest BCUT2D eigenvalue weighted by molar-refractivity contribution is 6.00. The lowest BCUT2D eigenvalue weighted by molar-refractivity contribution is 0.262. The van der Waals surface area contributed by atoms with Crippen LogP contribution < -0.4 is 10.6 Å². The predicted molar refractivity (Wildman–Crippen MR) is 69.6 cm³/mol. The zero-order chi connectivity index (χ0) is 14.7. The Morgan fingerprint density at radius 1 is 1.35 bits per heavy atom.